The minimum Gasteiger partial charge on any atom is -0.310 e. The van der Waals surface area contributed by atoms with E-state index in [9.17, 15) is 0 Å². The molecule has 5 aromatic rings. The number of benzene rings is 5. The molecule has 0 N–H and O–H groups in total. The zero-order chi connectivity index (χ0) is 25.6. The minimum atomic E-state index is -0.00950. The Balaban J connectivity index is 1.57. The van der Waals surface area contributed by atoms with E-state index in [4.69, 9.17) is 0 Å². The summed E-state index contributed by atoms with van der Waals surface area (Å²) in [5.41, 5.74) is 11.5. The van der Waals surface area contributed by atoms with Crippen molar-refractivity contribution in [2.24, 2.45) is 0 Å². The second-order valence-corrected chi connectivity index (χ2v) is 11.1. The van der Waals surface area contributed by atoms with Crippen molar-refractivity contribution in [2.75, 3.05) is 4.90 Å². The molecule has 0 aromatic heterocycles. The fraction of sp³-hybridized carbons (Fsp3) is 0.167. The average molecular weight is 480 g/mol. The van der Waals surface area contributed by atoms with Gasteiger partial charge in [0.05, 0.1) is 0 Å². The highest BCUT2D eigenvalue weighted by molar-refractivity contribution is 5.91. The first-order chi connectivity index (χ1) is 17.9. The first-order valence-electron chi connectivity index (χ1n) is 13.1. The molecule has 37 heavy (non-hydrogen) atoms. The Labute approximate surface area is 221 Å². The highest BCUT2D eigenvalue weighted by Crippen LogP contribution is 2.55. The quantitative estimate of drug-likeness (QED) is 0.248. The molecule has 0 saturated heterocycles. The van der Waals surface area contributed by atoms with Gasteiger partial charge in [-0.25, -0.2) is 0 Å². The monoisotopic (exact) mass is 479 g/mol. The third-order valence-corrected chi connectivity index (χ3v) is 8.61. The summed E-state index contributed by atoms with van der Waals surface area (Å²) in [4.78, 5) is 2.33. The smallest absolute Gasteiger partial charge is 0.0467 e. The van der Waals surface area contributed by atoms with E-state index in [0.29, 0.717) is 0 Å². The Morgan fingerprint density at radius 2 is 0.919 bits per heavy atom. The van der Waals surface area contributed by atoms with E-state index in [-0.39, 0.29) is 10.8 Å². The molecule has 6 rings (SSSR count). The van der Waals surface area contributed by atoms with E-state index in [1.165, 1.54) is 33.4 Å². The molecule has 0 saturated carbocycles. The van der Waals surface area contributed by atoms with Crippen LogP contribution < -0.4 is 4.90 Å². The van der Waals surface area contributed by atoms with E-state index in [1.807, 2.05) is 0 Å². The lowest BCUT2D eigenvalue weighted by molar-refractivity contribution is 0.299. The van der Waals surface area contributed by atoms with Crippen molar-refractivity contribution in [1.82, 2.24) is 0 Å². The maximum Gasteiger partial charge on any atom is 0.0467 e. The van der Waals surface area contributed by atoms with E-state index >= 15 is 0 Å². The molecule has 1 aliphatic rings. The van der Waals surface area contributed by atoms with E-state index < -0.39 is 0 Å². The lowest BCUT2D eigenvalue weighted by atomic mass is 9.55. The molecule has 0 unspecified atom stereocenters. The first-order valence-corrected chi connectivity index (χ1v) is 13.1. The SMILES string of the molecule is CC1(C)c2ccccc2-c2c(-c3cccc(N(c4ccccc4)c4ccccc4)c3)cccc2C1(C)C. The summed E-state index contributed by atoms with van der Waals surface area (Å²) in [5, 5.41) is 0. The molecular weight excluding hydrogens is 446 g/mol. The van der Waals surface area contributed by atoms with Gasteiger partial charge in [0.1, 0.15) is 0 Å². The van der Waals surface area contributed by atoms with Crippen LogP contribution in [0.5, 0.6) is 0 Å². The Hall–Kier alpha value is -4.10. The molecule has 0 atom stereocenters. The van der Waals surface area contributed by atoms with Crippen LogP contribution in [0, 0.1) is 0 Å². The van der Waals surface area contributed by atoms with Gasteiger partial charge in [-0.05, 0) is 80.6 Å². The van der Waals surface area contributed by atoms with Crippen LogP contribution in [0.25, 0.3) is 22.3 Å². The molecule has 0 spiro atoms. The van der Waals surface area contributed by atoms with Crippen LogP contribution >= 0.6 is 0 Å². The van der Waals surface area contributed by atoms with Crippen LogP contribution in [0.4, 0.5) is 17.1 Å². The van der Waals surface area contributed by atoms with Crippen LogP contribution in [0.2, 0.25) is 0 Å². The number of nitrogens with zero attached hydrogens (tertiary/aromatic N) is 1. The van der Waals surface area contributed by atoms with Crippen molar-refractivity contribution in [2.45, 2.75) is 38.5 Å². The van der Waals surface area contributed by atoms with Crippen LogP contribution in [-0.2, 0) is 10.8 Å². The Bertz CT molecular complexity index is 1520. The molecule has 1 aliphatic carbocycles. The average Bonchev–Trinajstić information content (AvgIpc) is 2.93. The zero-order valence-corrected chi connectivity index (χ0v) is 22.1. The molecule has 0 fully saturated rings. The Morgan fingerprint density at radius 3 is 1.59 bits per heavy atom. The van der Waals surface area contributed by atoms with Gasteiger partial charge in [-0.3, -0.25) is 0 Å². The summed E-state index contributed by atoms with van der Waals surface area (Å²) in [7, 11) is 0. The molecule has 1 heteroatoms. The summed E-state index contributed by atoms with van der Waals surface area (Å²) < 4.78 is 0. The number of anilines is 3. The molecule has 0 amide bonds. The summed E-state index contributed by atoms with van der Waals surface area (Å²) in [5.74, 6) is 0. The highest BCUT2D eigenvalue weighted by atomic mass is 15.1. The normalized spacial score (nSPS) is 14.9. The predicted molar refractivity (Wildman–Crippen MR) is 158 cm³/mol. The third-order valence-electron chi connectivity index (χ3n) is 8.61. The largest absolute Gasteiger partial charge is 0.310 e. The first kappa shape index (κ1) is 23.3. The number of hydrogen-bond acceptors (Lipinski definition) is 1. The third kappa shape index (κ3) is 3.69. The maximum absolute atomic E-state index is 2.40. The lowest BCUT2D eigenvalue weighted by Crippen LogP contribution is -2.43. The Kier molecular flexibility index (Phi) is 5.53. The van der Waals surface area contributed by atoms with Crippen molar-refractivity contribution >= 4 is 17.1 Å². The molecule has 5 aromatic carbocycles. The van der Waals surface area contributed by atoms with Gasteiger partial charge in [0.15, 0.2) is 0 Å². The van der Waals surface area contributed by atoms with Gasteiger partial charge in [-0.15, -0.1) is 0 Å². The molecular formula is C36H33N. The van der Waals surface area contributed by atoms with E-state index in [1.54, 1.807) is 0 Å². The molecule has 0 bridgehead atoms. The number of fused-ring (bicyclic) bond motifs is 3. The Morgan fingerprint density at radius 1 is 0.432 bits per heavy atom. The van der Waals surface area contributed by atoms with Crippen molar-refractivity contribution in [1.29, 1.82) is 0 Å². The fourth-order valence-corrected chi connectivity index (χ4v) is 5.94. The second kappa shape index (κ2) is 8.78. The molecule has 0 heterocycles. The molecule has 1 nitrogen and oxygen atoms in total. The van der Waals surface area contributed by atoms with Gasteiger partial charge in [-0.1, -0.05) is 119 Å². The summed E-state index contributed by atoms with van der Waals surface area (Å²) in [6, 6.07) is 46.1. The maximum atomic E-state index is 2.40. The fourth-order valence-electron chi connectivity index (χ4n) is 5.94. The summed E-state index contributed by atoms with van der Waals surface area (Å²) >= 11 is 0. The molecule has 0 radical (unpaired) electrons. The number of rotatable bonds is 4. The van der Waals surface area contributed by atoms with Crippen LogP contribution in [0.1, 0.15) is 38.8 Å². The second-order valence-electron chi connectivity index (χ2n) is 11.1. The van der Waals surface area contributed by atoms with Crippen molar-refractivity contribution in [3.63, 3.8) is 0 Å². The van der Waals surface area contributed by atoms with Gasteiger partial charge in [0, 0.05) is 17.1 Å². The van der Waals surface area contributed by atoms with Crippen molar-refractivity contribution < 1.29 is 0 Å². The molecule has 182 valence electrons. The van der Waals surface area contributed by atoms with E-state index in [2.05, 4.69) is 160 Å². The van der Waals surface area contributed by atoms with E-state index in [0.717, 1.165) is 17.1 Å². The summed E-state index contributed by atoms with van der Waals surface area (Å²) in [6.45, 7) is 9.57. The number of hydrogen-bond donors (Lipinski definition) is 0. The standard InChI is InChI=1S/C36H33N/c1-35(2)32-23-12-11-21-31(32)34-30(22-14-24-33(34)36(35,3)4)26-15-13-20-29(25-26)37(27-16-7-5-8-17-27)28-18-9-6-10-19-28/h5-25H,1-4H3. The minimum absolute atomic E-state index is 0.00950. The van der Waals surface area contributed by atoms with Gasteiger partial charge in [-0.2, -0.15) is 0 Å². The van der Waals surface area contributed by atoms with Gasteiger partial charge in [0.2, 0.25) is 0 Å². The van der Waals surface area contributed by atoms with Crippen molar-refractivity contribution in [3.05, 3.63) is 139 Å². The predicted octanol–water partition coefficient (Wildman–Crippen LogP) is 10.1. The van der Waals surface area contributed by atoms with Crippen LogP contribution in [0.15, 0.2) is 127 Å². The van der Waals surface area contributed by atoms with Gasteiger partial charge in [0.25, 0.3) is 0 Å². The van der Waals surface area contributed by atoms with Gasteiger partial charge < -0.3 is 4.90 Å². The van der Waals surface area contributed by atoms with Crippen LogP contribution in [0.3, 0.4) is 0 Å². The van der Waals surface area contributed by atoms with Gasteiger partial charge >= 0.3 is 0 Å². The zero-order valence-electron chi connectivity index (χ0n) is 22.1. The van der Waals surface area contributed by atoms with Crippen molar-refractivity contribution in [3.8, 4) is 22.3 Å². The van der Waals surface area contributed by atoms with Crippen LogP contribution in [-0.4, -0.2) is 0 Å². The summed E-state index contributed by atoms with van der Waals surface area (Å²) in [6.07, 6.45) is 0. The highest BCUT2D eigenvalue weighted by Gasteiger charge is 2.46. The topological polar surface area (TPSA) is 3.24 Å². The lowest BCUT2D eigenvalue weighted by Gasteiger charge is -2.48. The number of para-hydroxylation sites is 2. The molecule has 0 aliphatic heterocycles.